The highest BCUT2D eigenvalue weighted by Gasteiger charge is 2.40. The highest BCUT2D eigenvalue weighted by atomic mass is 32.1. The van der Waals surface area contributed by atoms with Gasteiger partial charge >= 0.3 is 0 Å². The van der Waals surface area contributed by atoms with Crippen LogP contribution in [0.1, 0.15) is 24.8 Å². The number of rotatable bonds is 5. The van der Waals surface area contributed by atoms with Gasteiger partial charge in [0.25, 0.3) is 0 Å². The monoisotopic (exact) mass is 358 g/mol. The van der Waals surface area contributed by atoms with Gasteiger partial charge in [-0.3, -0.25) is 14.5 Å². The third-order valence-corrected chi connectivity index (χ3v) is 5.47. The molecule has 2 aliphatic heterocycles. The first kappa shape index (κ1) is 16.5. The molecule has 132 valence electrons. The first-order valence-electron chi connectivity index (χ1n) is 8.74. The van der Waals surface area contributed by atoms with Crippen molar-refractivity contribution in [3.05, 3.63) is 34.6 Å². The maximum absolute atomic E-state index is 12.4. The molecule has 1 amide bonds. The normalized spacial score (nSPS) is 24.6. The molecule has 2 fully saturated rings. The number of nitrogens with zero attached hydrogens (tertiary/aromatic N) is 2. The number of fused-ring (bicyclic) bond motifs is 2. The Labute approximate surface area is 151 Å². The maximum Gasteiger partial charge on any atom is 0.240 e. The lowest BCUT2D eigenvalue weighted by atomic mass is 9.89. The van der Waals surface area contributed by atoms with Crippen LogP contribution in [0.5, 0.6) is 0 Å². The number of benzene rings is 1. The van der Waals surface area contributed by atoms with E-state index in [2.05, 4.69) is 15.5 Å². The Balaban J connectivity index is 1.42. The van der Waals surface area contributed by atoms with E-state index in [0.717, 1.165) is 18.4 Å². The fourth-order valence-corrected chi connectivity index (χ4v) is 3.99. The zero-order valence-electron chi connectivity index (χ0n) is 14.2. The van der Waals surface area contributed by atoms with Gasteiger partial charge in [-0.15, -0.1) is 0 Å². The molecule has 0 radical (unpaired) electrons. The number of carbonyl (C=O) groups is 1. The number of aryl methyl sites for hydroxylation is 1. The van der Waals surface area contributed by atoms with E-state index in [4.69, 9.17) is 17.0 Å². The molecular formula is C18H22N4O2S. The molecule has 7 heteroatoms. The van der Waals surface area contributed by atoms with Crippen molar-refractivity contribution in [2.24, 2.45) is 5.92 Å². The van der Waals surface area contributed by atoms with E-state index in [1.807, 2.05) is 31.2 Å². The summed E-state index contributed by atoms with van der Waals surface area (Å²) in [5.41, 5.74) is 2.11. The maximum atomic E-state index is 12.4. The number of aromatic nitrogens is 3. The van der Waals surface area contributed by atoms with Gasteiger partial charge in [0.05, 0.1) is 12.2 Å². The van der Waals surface area contributed by atoms with E-state index in [1.54, 1.807) is 4.57 Å². The van der Waals surface area contributed by atoms with Crippen molar-refractivity contribution in [1.29, 1.82) is 0 Å². The lowest BCUT2D eigenvalue weighted by Gasteiger charge is -2.19. The van der Waals surface area contributed by atoms with Crippen molar-refractivity contribution in [2.75, 3.05) is 6.54 Å². The molecule has 2 N–H and O–H groups in total. The Morgan fingerprint density at radius 3 is 2.88 bits per heavy atom. The van der Waals surface area contributed by atoms with Crippen LogP contribution in [-0.4, -0.2) is 39.4 Å². The van der Waals surface area contributed by atoms with E-state index < -0.39 is 0 Å². The zero-order chi connectivity index (χ0) is 17.4. The van der Waals surface area contributed by atoms with Crippen molar-refractivity contribution < 1.29 is 9.53 Å². The summed E-state index contributed by atoms with van der Waals surface area (Å²) < 4.78 is 8.04. The number of ether oxygens (including phenoxy) is 1. The summed E-state index contributed by atoms with van der Waals surface area (Å²) >= 11 is 5.30. The second-order valence-corrected chi connectivity index (χ2v) is 7.36. The number of amides is 1. The molecular weight excluding hydrogens is 336 g/mol. The van der Waals surface area contributed by atoms with Crippen LogP contribution in [-0.2, 0) is 16.1 Å². The van der Waals surface area contributed by atoms with Crippen molar-refractivity contribution in [1.82, 2.24) is 20.1 Å². The van der Waals surface area contributed by atoms with Crippen molar-refractivity contribution >= 4 is 18.1 Å². The van der Waals surface area contributed by atoms with Gasteiger partial charge in [0.15, 0.2) is 10.6 Å². The predicted molar refractivity (Wildman–Crippen MR) is 96.6 cm³/mol. The van der Waals surface area contributed by atoms with Crippen LogP contribution >= 0.6 is 12.2 Å². The summed E-state index contributed by atoms with van der Waals surface area (Å²) in [5.74, 6) is 1.08. The Bertz CT molecular complexity index is 826. The van der Waals surface area contributed by atoms with Crippen LogP contribution in [0.25, 0.3) is 11.4 Å². The van der Waals surface area contributed by atoms with Crippen molar-refractivity contribution in [3.8, 4) is 11.4 Å². The summed E-state index contributed by atoms with van der Waals surface area (Å²) in [7, 11) is 0. The summed E-state index contributed by atoms with van der Waals surface area (Å²) in [6.07, 6.45) is 4.08. The minimum atomic E-state index is -0.0476. The van der Waals surface area contributed by atoms with Gasteiger partial charge in [0.2, 0.25) is 5.91 Å². The zero-order valence-corrected chi connectivity index (χ0v) is 15.0. The standard InChI is InChI=1S/C18H22N4O2S/c1-11-2-4-12(5-3-11)17-20-21-18(25)22(17)10-16(23)19-9-13-8-14-6-7-15(13)24-14/h2-5,13-15H,6-10H2,1H3,(H,19,23)(H,21,25)/t13-,14+,15+/m0/s1. The first-order chi connectivity index (χ1) is 12.1. The van der Waals surface area contributed by atoms with E-state index >= 15 is 0 Å². The predicted octanol–water partition coefficient (Wildman–Crippen LogP) is 2.60. The molecule has 2 aliphatic rings. The lowest BCUT2D eigenvalue weighted by Crippen LogP contribution is -2.35. The molecule has 0 spiro atoms. The number of aromatic amines is 1. The largest absolute Gasteiger partial charge is 0.375 e. The van der Waals surface area contributed by atoms with Crippen LogP contribution in [0.2, 0.25) is 0 Å². The van der Waals surface area contributed by atoms with Crippen LogP contribution in [0.15, 0.2) is 24.3 Å². The minimum absolute atomic E-state index is 0.0476. The molecule has 2 bridgehead atoms. The Morgan fingerprint density at radius 1 is 1.40 bits per heavy atom. The van der Waals surface area contributed by atoms with Gasteiger partial charge in [-0.2, -0.15) is 5.10 Å². The molecule has 1 aromatic heterocycles. The average molecular weight is 358 g/mol. The van der Waals surface area contributed by atoms with Gasteiger partial charge in [-0.25, -0.2) is 0 Å². The van der Waals surface area contributed by atoms with Gasteiger partial charge in [-0.1, -0.05) is 29.8 Å². The molecule has 3 atom stereocenters. The fourth-order valence-electron chi connectivity index (χ4n) is 3.79. The number of H-pyrrole nitrogens is 1. The fraction of sp³-hybridized carbons (Fsp3) is 0.500. The van der Waals surface area contributed by atoms with E-state index in [-0.39, 0.29) is 12.5 Å². The highest BCUT2D eigenvalue weighted by Crippen LogP contribution is 2.38. The molecule has 25 heavy (non-hydrogen) atoms. The van der Waals surface area contributed by atoms with E-state index in [9.17, 15) is 4.79 Å². The molecule has 4 rings (SSSR count). The number of carbonyl (C=O) groups excluding carboxylic acids is 1. The van der Waals surface area contributed by atoms with Crippen LogP contribution in [0, 0.1) is 17.6 Å². The van der Waals surface area contributed by atoms with Gasteiger partial charge in [0.1, 0.15) is 6.54 Å². The minimum Gasteiger partial charge on any atom is -0.375 e. The first-order valence-corrected chi connectivity index (χ1v) is 9.15. The smallest absolute Gasteiger partial charge is 0.240 e. The second kappa shape index (κ2) is 6.72. The number of hydrogen-bond donors (Lipinski definition) is 2. The average Bonchev–Trinajstić information content (AvgIpc) is 3.31. The Hall–Kier alpha value is -1.99. The Kier molecular flexibility index (Phi) is 4.43. The van der Waals surface area contributed by atoms with Gasteiger partial charge < -0.3 is 10.1 Å². The van der Waals surface area contributed by atoms with Gasteiger partial charge in [-0.05, 0) is 38.4 Å². The van der Waals surface area contributed by atoms with Crippen molar-refractivity contribution in [3.63, 3.8) is 0 Å². The number of nitrogens with one attached hydrogen (secondary N) is 2. The SMILES string of the molecule is Cc1ccc(-c2n[nH]c(=S)n2CC(=O)NC[C@@H]2C[C@H]3CC[C@H]2O3)cc1. The van der Waals surface area contributed by atoms with E-state index in [0.29, 0.717) is 35.3 Å². The van der Waals surface area contributed by atoms with Crippen molar-refractivity contribution in [2.45, 2.75) is 44.9 Å². The quantitative estimate of drug-likeness (QED) is 0.806. The summed E-state index contributed by atoms with van der Waals surface area (Å²) in [6.45, 7) is 2.87. The third kappa shape index (κ3) is 3.39. The Morgan fingerprint density at radius 2 is 2.20 bits per heavy atom. The summed E-state index contributed by atoms with van der Waals surface area (Å²) in [5, 5.41) is 10.1. The molecule has 3 heterocycles. The lowest BCUT2D eigenvalue weighted by molar-refractivity contribution is -0.121. The van der Waals surface area contributed by atoms with Crippen LogP contribution in [0.3, 0.4) is 0 Å². The molecule has 2 saturated heterocycles. The summed E-state index contributed by atoms with van der Waals surface area (Å²) in [4.78, 5) is 12.4. The molecule has 0 aliphatic carbocycles. The second-order valence-electron chi connectivity index (χ2n) is 6.98. The molecule has 1 aromatic carbocycles. The number of hydrogen-bond acceptors (Lipinski definition) is 4. The molecule has 0 saturated carbocycles. The molecule has 6 nitrogen and oxygen atoms in total. The highest BCUT2D eigenvalue weighted by molar-refractivity contribution is 7.71. The molecule has 2 aromatic rings. The third-order valence-electron chi connectivity index (χ3n) is 5.16. The van der Waals surface area contributed by atoms with Crippen LogP contribution in [0.4, 0.5) is 0 Å². The van der Waals surface area contributed by atoms with E-state index in [1.165, 1.54) is 12.0 Å². The topological polar surface area (TPSA) is 71.9 Å². The van der Waals surface area contributed by atoms with Crippen LogP contribution < -0.4 is 5.32 Å². The molecule has 0 unspecified atom stereocenters. The summed E-state index contributed by atoms with van der Waals surface area (Å²) in [6, 6.07) is 8.02. The van der Waals surface area contributed by atoms with Gasteiger partial charge in [0, 0.05) is 18.0 Å².